The van der Waals surface area contributed by atoms with E-state index in [-0.39, 0.29) is 0 Å². The largest absolute Gasteiger partial charge is 0.493 e. The van der Waals surface area contributed by atoms with E-state index in [4.69, 9.17) is 14.5 Å². The summed E-state index contributed by atoms with van der Waals surface area (Å²) < 4.78 is 11.0. The molecule has 0 aliphatic heterocycles. The molecule has 6 heteroatoms. The van der Waals surface area contributed by atoms with Crippen molar-refractivity contribution in [2.45, 2.75) is 57.4 Å². The molecule has 0 saturated heterocycles. The lowest BCUT2D eigenvalue weighted by Gasteiger charge is -2.29. The molecule has 2 N–H and O–H groups in total. The highest BCUT2D eigenvalue weighted by molar-refractivity contribution is 7.99. The fourth-order valence-corrected chi connectivity index (χ4v) is 4.09. The summed E-state index contributed by atoms with van der Waals surface area (Å²) >= 11 is 1.98. The highest BCUT2D eigenvalue weighted by atomic mass is 32.2. The third-order valence-electron chi connectivity index (χ3n) is 4.59. The Labute approximate surface area is 162 Å². The summed E-state index contributed by atoms with van der Waals surface area (Å²) in [5.74, 6) is 2.43. The van der Waals surface area contributed by atoms with Crippen molar-refractivity contribution < 1.29 is 9.47 Å². The van der Waals surface area contributed by atoms with Gasteiger partial charge in [-0.05, 0) is 57.1 Å². The molecule has 1 aromatic rings. The van der Waals surface area contributed by atoms with Crippen LogP contribution in [0.2, 0.25) is 0 Å². The van der Waals surface area contributed by atoms with Gasteiger partial charge in [0.15, 0.2) is 17.5 Å². The second-order valence-corrected chi connectivity index (χ2v) is 7.62. The number of methoxy groups -OCH3 is 1. The molecular weight excluding hydrogens is 346 g/mol. The van der Waals surface area contributed by atoms with Gasteiger partial charge in [0.25, 0.3) is 0 Å². The van der Waals surface area contributed by atoms with Gasteiger partial charge in [0.05, 0.1) is 20.3 Å². The molecule has 1 aliphatic carbocycles. The van der Waals surface area contributed by atoms with Gasteiger partial charge >= 0.3 is 0 Å². The molecule has 146 valence electrons. The Kier molecular flexibility index (Phi) is 8.95. The molecule has 2 rings (SSSR count). The second kappa shape index (κ2) is 11.2. The zero-order valence-electron chi connectivity index (χ0n) is 16.5. The number of ether oxygens (including phenoxy) is 2. The maximum absolute atomic E-state index is 5.66. The fraction of sp³-hybridized carbons (Fsp3) is 0.650. The topological polar surface area (TPSA) is 54.9 Å². The number of hydrogen-bond acceptors (Lipinski definition) is 4. The van der Waals surface area contributed by atoms with E-state index in [1.165, 1.54) is 25.7 Å². The quantitative estimate of drug-likeness (QED) is 0.531. The zero-order chi connectivity index (χ0) is 18.8. The third kappa shape index (κ3) is 6.31. The van der Waals surface area contributed by atoms with Crippen LogP contribution >= 0.6 is 11.8 Å². The number of hydrogen-bond donors (Lipinski definition) is 2. The molecule has 2 atom stereocenters. The number of guanidine groups is 1. The number of benzene rings is 1. The van der Waals surface area contributed by atoms with E-state index in [1.807, 2.05) is 36.9 Å². The van der Waals surface area contributed by atoms with Crippen LogP contribution in [0.1, 0.15) is 45.1 Å². The smallest absolute Gasteiger partial charge is 0.191 e. The predicted octanol–water partition coefficient (Wildman–Crippen LogP) is 3.82. The van der Waals surface area contributed by atoms with Crippen LogP contribution in [0, 0.1) is 0 Å². The second-order valence-electron chi connectivity index (χ2n) is 6.48. The zero-order valence-corrected chi connectivity index (χ0v) is 17.3. The van der Waals surface area contributed by atoms with Crippen molar-refractivity contribution in [1.82, 2.24) is 10.6 Å². The lowest BCUT2D eigenvalue weighted by atomic mass is 9.95. The third-order valence-corrected chi connectivity index (χ3v) is 5.69. The standard InChI is InChI=1S/C20H33N3O2S/c1-5-21-20(23-16-8-7-9-17(13-16)26-4)22-14-15-10-11-18(24-3)19(12-15)25-6-2/h10-12,16-17H,5-9,13-14H2,1-4H3,(H2,21,22,23). The van der Waals surface area contributed by atoms with Crippen LogP contribution in [0.5, 0.6) is 11.5 Å². The van der Waals surface area contributed by atoms with Crippen LogP contribution < -0.4 is 20.1 Å². The molecule has 0 radical (unpaired) electrons. The summed E-state index contributed by atoms with van der Waals surface area (Å²) in [5.41, 5.74) is 1.11. The number of thioether (sulfide) groups is 1. The molecule has 26 heavy (non-hydrogen) atoms. The molecule has 1 fully saturated rings. The van der Waals surface area contributed by atoms with Crippen LogP contribution in [0.3, 0.4) is 0 Å². The Hall–Kier alpha value is -1.56. The first kappa shape index (κ1) is 20.7. The monoisotopic (exact) mass is 379 g/mol. The van der Waals surface area contributed by atoms with E-state index in [0.717, 1.165) is 34.8 Å². The maximum atomic E-state index is 5.66. The Morgan fingerprint density at radius 3 is 2.81 bits per heavy atom. The Bertz CT molecular complexity index is 580. The van der Waals surface area contributed by atoms with Gasteiger partial charge in [-0.1, -0.05) is 12.5 Å². The van der Waals surface area contributed by atoms with Crippen molar-refractivity contribution in [3.8, 4) is 11.5 Å². The average molecular weight is 380 g/mol. The maximum Gasteiger partial charge on any atom is 0.191 e. The molecule has 1 saturated carbocycles. The minimum absolute atomic E-state index is 0.508. The van der Waals surface area contributed by atoms with E-state index in [1.54, 1.807) is 7.11 Å². The van der Waals surface area contributed by atoms with E-state index >= 15 is 0 Å². The van der Waals surface area contributed by atoms with Crippen molar-refractivity contribution in [3.05, 3.63) is 23.8 Å². The van der Waals surface area contributed by atoms with Crippen LogP contribution in [0.25, 0.3) is 0 Å². The van der Waals surface area contributed by atoms with Crippen LogP contribution in [-0.4, -0.2) is 43.8 Å². The van der Waals surface area contributed by atoms with Crippen molar-refractivity contribution in [2.24, 2.45) is 4.99 Å². The van der Waals surface area contributed by atoms with E-state index in [2.05, 4.69) is 23.8 Å². The number of rotatable bonds is 8. The molecule has 0 aromatic heterocycles. The summed E-state index contributed by atoms with van der Waals surface area (Å²) in [7, 11) is 1.66. The molecule has 5 nitrogen and oxygen atoms in total. The SMILES string of the molecule is CCNC(=NCc1ccc(OC)c(OCC)c1)NC1CCCC(SC)C1. The van der Waals surface area contributed by atoms with E-state index < -0.39 is 0 Å². The predicted molar refractivity (Wildman–Crippen MR) is 112 cm³/mol. The summed E-state index contributed by atoms with van der Waals surface area (Å²) in [5, 5.41) is 7.76. The van der Waals surface area contributed by atoms with E-state index in [0.29, 0.717) is 19.2 Å². The molecular formula is C20H33N3O2S. The van der Waals surface area contributed by atoms with Gasteiger partial charge < -0.3 is 20.1 Å². The van der Waals surface area contributed by atoms with Crippen molar-refractivity contribution >= 4 is 17.7 Å². The first-order chi connectivity index (χ1) is 12.7. The molecule has 0 spiro atoms. The first-order valence-corrected chi connectivity index (χ1v) is 10.9. The van der Waals surface area contributed by atoms with E-state index in [9.17, 15) is 0 Å². The average Bonchev–Trinajstić information content (AvgIpc) is 2.67. The number of nitrogens with one attached hydrogen (secondary N) is 2. The molecule has 0 amide bonds. The van der Waals surface area contributed by atoms with Gasteiger partial charge in [-0.15, -0.1) is 0 Å². The van der Waals surface area contributed by atoms with Crippen LogP contribution in [0.15, 0.2) is 23.2 Å². The first-order valence-electron chi connectivity index (χ1n) is 9.57. The normalized spacial score (nSPS) is 20.5. The number of aliphatic imine (C=N–C) groups is 1. The Balaban J connectivity index is 2.02. The van der Waals surface area contributed by atoms with Gasteiger partial charge in [-0.25, -0.2) is 4.99 Å². The highest BCUT2D eigenvalue weighted by Crippen LogP contribution is 2.28. The lowest BCUT2D eigenvalue weighted by molar-refractivity contribution is 0.310. The van der Waals surface area contributed by atoms with Gasteiger partial charge in [0, 0.05) is 17.8 Å². The van der Waals surface area contributed by atoms with Crippen LogP contribution in [0.4, 0.5) is 0 Å². The highest BCUT2D eigenvalue weighted by Gasteiger charge is 2.21. The molecule has 0 heterocycles. The molecule has 2 unspecified atom stereocenters. The van der Waals surface area contributed by atoms with Gasteiger partial charge in [0.1, 0.15) is 0 Å². The Morgan fingerprint density at radius 2 is 2.12 bits per heavy atom. The lowest BCUT2D eigenvalue weighted by Crippen LogP contribution is -2.45. The summed E-state index contributed by atoms with van der Waals surface area (Å²) in [6, 6.07) is 6.51. The number of nitrogens with zero attached hydrogens (tertiary/aromatic N) is 1. The fourth-order valence-electron chi connectivity index (χ4n) is 3.26. The van der Waals surface area contributed by atoms with Gasteiger partial charge in [-0.3, -0.25) is 0 Å². The summed E-state index contributed by atoms with van der Waals surface area (Å²) in [4.78, 5) is 4.78. The minimum Gasteiger partial charge on any atom is -0.493 e. The Morgan fingerprint density at radius 1 is 1.27 bits per heavy atom. The van der Waals surface area contributed by atoms with Crippen LogP contribution in [-0.2, 0) is 6.54 Å². The minimum atomic E-state index is 0.508. The molecule has 1 aliphatic rings. The van der Waals surface area contributed by atoms with Crippen molar-refractivity contribution in [2.75, 3.05) is 26.5 Å². The molecule has 1 aromatic carbocycles. The summed E-state index contributed by atoms with van der Waals surface area (Å²) in [6.07, 6.45) is 7.27. The van der Waals surface area contributed by atoms with Gasteiger partial charge in [0.2, 0.25) is 0 Å². The van der Waals surface area contributed by atoms with Crippen molar-refractivity contribution in [1.29, 1.82) is 0 Å². The molecule has 0 bridgehead atoms. The summed E-state index contributed by atoms with van der Waals surface area (Å²) in [6.45, 7) is 6.16. The van der Waals surface area contributed by atoms with Crippen molar-refractivity contribution in [3.63, 3.8) is 0 Å². The van der Waals surface area contributed by atoms with Gasteiger partial charge in [-0.2, -0.15) is 11.8 Å².